The second-order valence-corrected chi connectivity index (χ2v) is 6.69. The van der Waals surface area contributed by atoms with Crippen LogP contribution in [-0.2, 0) is 9.53 Å². The number of nitrogens with zero attached hydrogens (tertiary/aromatic N) is 1. The second kappa shape index (κ2) is 7.97. The van der Waals surface area contributed by atoms with E-state index in [2.05, 4.69) is 10.5 Å². The maximum absolute atomic E-state index is 12.4. The highest BCUT2D eigenvalue weighted by Crippen LogP contribution is 2.25. The highest BCUT2D eigenvalue weighted by molar-refractivity contribution is 7.10. The van der Waals surface area contributed by atoms with Crippen molar-refractivity contribution in [2.24, 2.45) is 0 Å². The number of hydrogen-bond donors (Lipinski definition) is 1. The smallest absolute Gasteiger partial charge is 0.344 e. The molecule has 0 radical (unpaired) electrons. The normalized spacial score (nSPS) is 11.8. The van der Waals surface area contributed by atoms with Crippen LogP contribution in [0.15, 0.2) is 52.4 Å². The largest absolute Gasteiger partial charge is 0.452 e. The lowest BCUT2D eigenvalue weighted by molar-refractivity contribution is -0.124. The van der Waals surface area contributed by atoms with Gasteiger partial charge in [-0.25, -0.2) is 4.79 Å². The van der Waals surface area contributed by atoms with E-state index in [1.165, 1.54) is 0 Å². The summed E-state index contributed by atoms with van der Waals surface area (Å²) in [6.45, 7) is 3.14. The third-order valence-corrected chi connectivity index (χ3v) is 4.85. The zero-order chi connectivity index (χ0) is 18.5. The Morgan fingerprint density at radius 2 is 2.00 bits per heavy atom. The summed E-state index contributed by atoms with van der Waals surface area (Å²) in [6, 6.07) is 12.9. The number of aromatic nitrogens is 1. The van der Waals surface area contributed by atoms with E-state index in [0.717, 1.165) is 10.4 Å². The first-order valence-electron chi connectivity index (χ1n) is 8.08. The van der Waals surface area contributed by atoms with Crippen molar-refractivity contribution in [1.82, 2.24) is 10.5 Å². The van der Waals surface area contributed by atoms with Crippen molar-refractivity contribution >= 4 is 23.2 Å². The number of ether oxygens (including phenoxy) is 1. The van der Waals surface area contributed by atoms with Gasteiger partial charge in [-0.05, 0) is 25.3 Å². The van der Waals surface area contributed by atoms with Gasteiger partial charge < -0.3 is 14.6 Å². The monoisotopic (exact) mass is 370 g/mol. The van der Waals surface area contributed by atoms with Crippen LogP contribution in [-0.4, -0.2) is 23.6 Å². The van der Waals surface area contributed by atoms with Gasteiger partial charge in [0.25, 0.3) is 5.91 Å². The molecule has 1 aromatic carbocycles. The van der Waals surface area contributed by atoms with Gasteiger partial charge in [-0.2, -0.15) is 0 Å². The molecule has 3 aromatic rings. The molecule has 3 rings (SSSR count). The van der Waals surface area contributed by atoms with Crippen LogP contribution in [0, 0.1) is 6.92 Å². The van der Waals surface area contributed by atoms with E-state index in [4.69, 9.17) is 9.26 Å². The summed E-state index contributed by atoms with van der Waals surface area (Å²) in [5.74, 6) is -0.655. The van der Waals surface area contributed by atoms with Crippen LogP contribution in [0.25, 0.3) is 11.3 Å². The molecule has 6 nitrogen and oxygen atoms in total. The summed E-state index contributed by atoms with van der Waals surface area (Å²) in [6.07, 6.45) is 0. The maximum Gasteiger partial charge on any atom is 0.344 e. The van der Waals surface area contributed by atoms with E-state index in [1.807, 2.05) is 54.8 Å². The molecule has 0 spiro atoms. The summed E-state index contributed by atoms with van der Waals surface area (Å²) in [5.41, 5.74) is 1.38. The van der Waals surface area contributed by atoms with Crippen molar-refractivity contribution in [1.29, 1.82) is 0 Å². The van der Waals surface area contributed by atoms with Gasteiger partial charge in [0.05, 0.1) is 6.04 Å². The molecule has 0 saturated carbocycles. The van der Waals surface area contributed by atoms with Crippen molar-refractivity contribution in [2.75, 3.05) is 6.61 Å². The number of carbonyl (C=O) groups is 2. The van der Waals surface area contributed by atoms with Crippen LogP contribution in [0.3, 0.4) is 0 Å². The van der Waals surface area contributed by atoms with Gasteiger partial charge in [0.1, 0.15) is 17.0 Å². The standard InChI is InChI=1S/C19H18N2O4S/c1-12(15-9-6-10-26-15)20-16(22)11-24-19(23)17-13(2)25-21-18(17)14-7-4-3-5-8-14/h3-10,12H,11H2,1-2H3,(H,20,22)/t12-/m0/s1. The average Bonchev–Trinajstić information content (AvgIpc) is 3.30. The predicted molar refractivity (Wildman–Crippen MR) is 97.8 cm³/mol. The minimum atomic E-state index is -0.637. The van der Waals surface area contributed by atoms with Crippen LogP contribution >= 0.6 is 11.3 Å². The first-order chi connectivity index (χ1) is 12.6. The fraction of sp³-hybridized carbons (Fsp3) is 0.211. The molecule has 1 amide bonds. The quantitative estimate of drug-likeness (QED) is 0.669. The lowest BCUT2D eigenvalue weighted by Crippen LogP contribution is -2.30. The van der Waals surface area contributed by atoms with E-state index >= 15 is 0 Å². The number of benzene rings is 1. The van der Waals surface area contributed by atoms with Crippen molar-refractivity contribution in [2.45, 2.75) is 19.9 Å². The van der Waals surface area contributed by atoms with Crippen LogP contribution in [0.5, 0.6) is 0 Å². The number of amides is 1. The van der Waals surface area contributed by atoms with E-state index in [1.54, 1.807) is 18.3 Å². The van der Waals surface area contributed by atoms with E-state index in [-0.39, 0.29) is 24.1 Å². The summed E-state index contributed by atoms with van der Waals surface area (Å²) < 4.78 is 10.3. The first-order valence-corrected chi connectivity index (χ1v) is 8.96. The SMILES string of the molecule is Cc1onc(-c2ccccc2)c1C(=O)OCC(=O)N[C@@H](C)c1cccs1. The Morgan fingerprint density at radius 1 is 1.23 bits per heavy atom. The van der Waals surface area contributed by atoms with Gasteiger partial charge in [-0.1, -0.05) is 41.6 Å². The number of aryl methyl sites for hydroxylation is 1. The zero-order valence-electron chi connectivity index (χ0n) is 14.4. The number of rotatable bonds is 6. The molecular weight excluding hydrogens is 352 g/mol. The lowest BCUT2D eigenvalue weighted by Gasteiger charge is -2.12. The minimum absolute atomic E-state index is 0.140. The van der Waals surface area contributed by atoms with Crippen LogP contribution in [0.2, 0.25) is 0 Å². The van der Waals surface area contributed by atoms with Crippen molar-refractivity contribution in [3.8, 4) is 11.3 Å². The molecule has 0 bridgehead atoms. The summed E-state index contributed by atoms with van der Waals surface area (Å²) in [5, 5.41) is 8.68. The summed E-state index contributed by atoms with van der Waals surface area (Å²) in [7, 11) is 0. The maximum atomic E-state index is 12.4. The number of carbonyl (C=O) groups excluding carboxylic acids is 2. The molecule has 1 N–H and O–H groups in total. The molecule has 0 aliphatic heterocycles. The van der Waals surface area contributed by atoms with Gasteiger partial charge in [0.2, 0.25) is 0 Å². The van der Waals surface area contributed by atoms with Gasteiger partial charge >= 0.3 is 5.97 Å². The average molecular weight is 370 g/mol. The molecule has 2 heterocycles. The fourth-order valence-corrected chi connectivity index (χ4v) is 3.24. The van der Waals surface area contributed by atoms with Gasteiger partial charge in [0.15, 0.2) is 6.61 Å². The second-order valence-electron chi connectivity index (χ2n) is 5.71. The molecule has 1 atom stereocenters. The Kier molecular flexibility index (Phi) is 5.48. The van der Waals surface area contributed by atoms with Crippen molar-refractivity contribution in [3.63, 3.8) is 0 Å². The number of nitrogens with one attached hydrogen (secondary N) is 1. The van der Waals surface area contributed by atoms with Crippen molar-refractivity contribution in [3.05, 3.63) is 64.0 Å². The first kappa shape index (κ1) is 17.9. The van der Waals surface area contributed by atoms with Gasteiger partial charge in [-0.15, -0.1) is 11.3 Å². The van der Waals surface area contributed by atoms with E-state index < -0.39 is 5.97 Å². The van der Waals surface area contributed by atoms with Crippen molar-refractivity contribution < 1.29 is 18.8 Å². The predicted octanol–water partition coefficient (Wildman–Crippen LogP) is 3.75. The third-order valence-electron chi connectivity index (χ3n) is 3.80. The molecule has 0 aliphatic rings. The van der Waals surface area contributed by atoms with E-state index in [9.17, 15) is 9.59 Å². The molecule has 0 saturated heterocycles. The summed E-state index contributed by atoms with van der Waals surface area (Å²) in [4.78, 5) is 25.5. The Hall–Kier alpha value is -2.93. The topological polar surface area (TPSA) is 81.4 Å². The fourth-order valence-electron chi connectivity index (χ4n) is 2.50. The Balaban J connectivity index is 1.64. The summed E-state index contributed by atoms with van der Waals surface area (Å²) >= 11 is 1.55. The molecule has 0 fully saturated rings. The van der Waals surface area contributed by atoms with Crippen LogP contribution < -0.4 is 5.32 Å². The zero-order valence-corrected chi connectivity index (χ0v) is 15.2. The number of hydrogen-bond acceptors (Lipinski definition) is 6. The number of esters is 1. The molecule has 0 aliphatic carbocycles. The Bertz CT molecular complexity index is 888. The molecule has 7 heteroatoms. The van der Waals surface area contributed by atoms with Crippen LogP contribution in [0.4, 0.5) is 0 Å². The Labute approximate surface area is 154 Å². The van der Waals surface area contributed by atoms with Gasteiger partial charge in [-0.3, -0.25) is 4.79 Å². The molecular formula is C19H18N2O4S. The molecule has 2 aromatic heterocycles. The van der Waals surface area contributed by atoms with Gasteiger partial charge in [0, 0.05) is 10.4 Å². The highest BCUT2D eigenvalue weighted by atomic mass is 32.1. The molecule has 134 valence electrons. The van der Waals surface area contributed by atoms with E-state index in [0.29, 0.717) is 11.5 Å². The Morgan fingerprint density at radius 3 is 2.69 bits per heavy atom. The number of thiophene rings is 1. The molecule has 0 unspecified atom stereocenters. The molecule has 26 heavy (non-hydrogen) atoms. The minimum Gasteiger partial charge on any atom is -0.452 e. The van der Waals surface area contributed by atoms with Crippen LogP contribution in [0.1, 0.15) is 34.0 Å². The third kappa shape index (κ3) is 4.00. The lowest BCUT2D eigenvalue weighted by atomic mass is 10.1. The highest BCUT2D eigenvalue weighted by Gasteiger charge is 2.23.